The van der Waals surface area contributed by atoms with E-state index in [1.165, 1.54) is 4.52 Å². The van der Waals surface area contributed by atoms with Gasteiger partial charge in [-0.05, 0) is 24.6 Å². The van der Waals surface area contributed by atoms with E-state index in [2.05, 4.69) is 20.3 Å². The number of hydrogen-bond acceptors (Lipinski definition) is 4. The number of rotatable bonds is 1. The zero-order valence-corrected chi connectivity index (χ0v) is 11.5. The van der Waals surface area contributed by atoms with Gasteiger partial charge in [0.05, 0.1) is 11.9 Å². The number of nitrogens with one attached hydrogen (secondary N) is 1. The third-order valence-electron chi connectivity index (χ3n) is 3.67. The standard InChI is InChI=1S/C14H12N6O/c1-8-12(11-7-16-17-14(21)20(11)18-8)9-3-5-15-13-10(9)4-6-19(13)2/h3-7H,1-2H3,(H,17,21). The fourth-order valence-electron chi connectivity index (χ4n) is 2.73. The van der Waals surface area contributed by atoms with Gasteiger partial charge in [-0.2, -0.15) is 14.7 Å². The molecule has 0 aromatic carbocycles. The monoisotopic (exact) mass is 280 g/mol. The molecule has 1 N–H and O–H groups in total. The van der Waals surface area contributed by atoms with E-state index < -0.39 is 0 Å². The molecule has 0 saturated carbocycles. The van der Waals surface area contributed by atoms with E-state index in [0.29, 0.717) is 5.52 Å². The average Bonchev–Trinajstić information content (AvgIpc) is 3.01. The van der Waals surface area contributed by atoms with Gasteiger partial charge in [-0.1, -0.05) is 0 Å². The molecular weight excluding hydrogens is 268 g/mol. The summed E-state index contributed by atoms with van der Waals surface area (Å²) >= 11 is 0. The van der Waals surface area contributed by atoms with Crippen molar-refractivity contribution in [3.05, 3.63) is 46.9 Å². The number of H-pyrrole nitrogens is 1. The van der Waals surface area contributed by atoms with Gasteiger partial charge in [0.25, 0.3) is 0 Å². The highest BCUT2D eigenvalue weighted by atomic mass is 16.1. The molecule has 0 atom stereocenters. The van der Waals surface area contributed by atoms with Gasteiger partial charge in [0.2, 0.25) is 0 Å². The van der Waals surface area contributed by atoms with Crippen LogP contribution in [-0.4, -0.2) is 29.4 Å². The van der Waals surface area contributed by atoms with Gasteiger partial charge >= 0.3 is 5.69 Å². The Morgan fingerprint density at radius 3 is 3.00 bits per heavy atom. The van der Waals surface area contributed by atoms with Crippen LogP contribution in [0.4, 0.5) is 0 Å². The summed E-state index contributed by atoms with van der Waals surface area (Å²) in [6.07, 6.45) is 5.35. The highest BCUT2D eigenvalue weighted by molar-refractivity contribution is 5.98. The molecule has 4 aromatic heterocycles. The first-order chi connectivity index (χ1) is 10.2. The Labute approximate surface area is 118 Å². The van der Waals surface area contributed by atoms with Crippen LogP contribution in [0.5, 0.6) is 0 Å². The first-order valence-corrected chi connectivity index (χ1v) is 6.50. The summed E-state index contributed by atoms with van der Waals surface area (Å²) in [5, 5.41) is 11.6. The molecule has 0 spiro atoms. The summed E-state index contributed by atoms with van der Waals surface area (Å²) in [5.74, 6) is 0. The Bertz CT molecular complexity index is 1040. The van der Waals surface area contributed by atoms with E-state index in [4.69, 9.17) is 0 Å². The van der Waals surface area contributed by atoms with Crippen LogP contribution < -0.4 is 5.69 Å². The minimum Gasteiger partial charge on any atom is -0.336 e. The van der Waals surface area contributed by atoms with E-state index >= 15 is 0 Å². The summed E-state index contributed by atoms with van der Waals surface area (Å²) < 4.78 is 3.30. The molecule has 7 heteroatoms. The van der Waals surface area contributed by atoms with Crippen molar-refractivity contribution in [1.82, 2.24) is 29.4 Å². The van der Waals surface area contributed by atoms with Gasteiger partial charge in [-0.25, -0.2) is 14.9 Å². The highest BCUT2D eigenvalue weighted by Gasteiger charge is 2.16. The second-order valence-corrected chi connectivity index (χ2v) is 4.96. The second-order valence-electron chi connectivity index (χ2n) is 4.96. The molecule has 4 heterocycles. The largest absolute Gasteiger partial charge is 0.363 e. The molecule has 0 bridgehead atoms. The Kier molecular flexibility index (Phi) is 2.26. The molecule has 0 saturated heterocycles. The van der Waals surface area contributed by atoms with Crippen molar-refractivity contribution in [2.24, 2.45) is 7.05 Å². The molecule has 4 aromatic rings. The van der Waals surface area contributed by atoms with Crippen LogP contribution in [0.1, 0.15) is 5.69 Å². The normalized spacial score (nSPS) is 11.5. The second kappa shape index (κ2) is 4.02. The lowest BCUT2D eigenvalue weighted by Gasteiger charge is -2.03. The lowest BCUT2D eigenvalue weighted by atomic mass is 10.0. The molecule has 0 aliphatic heterocycles. The molecule has 21 heavy (non-hydrogen) atoms. The van der Waals surface area contributed by atoms with Crippen LogP contribution in [-0.2, 0) is 7.05 Å². The summed E-state index contributed by atoms with van der Waals surface area (Å²) in [4.78, 5) is 16.2. The van der Waals surface area contributed by atoms with Crippen LogP contribution >= 0.6 is 0 Å². The summed E-state index contributed by atoms with van der Waals surface area (Å²) in [7, 11) is 1.95. The van der Waals surface area contributed by atoms with Gasteiger partial charge in [-0.15, -0.1) is 0 Å². The minimum atomic E-state index is -0.347. The fraction of sp³-hybridized carbons (Fsp3) is 0.143. The number of aromatic nitrogens is 6. The molecule has 0 unspecified atom stereocenters. The highest BCUT2D eigenvalue weighted by Crippen LogP contribution is 2.32. The number of aryl methyl sites for hydroxylation is 2. The Hall–Kier alpha value is -2.96. The number of hydrogen-bond donors (Lipinski definition) is 1. The first-order valence-electron chi connectivity index (χ1n) is 6.50. The average molecular weight is 280 g/mol. The zero-order valence-electron chi connectivity index (χ0n) is 11.5. The quantitative estimate of drug-likeness (QED) is 0.569. The van der Waals surface area contributed by atoms with E-state index in [0.717, 1.165) is 27.9 Å². The van der Waals surface area contributed by atoms with E-state index in [1.807, 2.05) is 36.9 Å². The third-order valence-corrected chi connectivity index (χ3v) is 3.67. The number of nitrogens with zero attached hydrogens (tertiary/aromatic N) is 5. The molecule has 4 rings (SSSR count). The fourth-order valence-corrected chi connectivity index (χ4v) is 2.73. The Morgan fingerprint density at radius 1 is 1.29 bits per heavy atom. The van der Waals surface area contributed by atoms with Crippen LogP contribution in [0, 0.1) is 6.92 Å². The number of aromatic amines is 1. The number of fused-ring (bicyclic) bond motifs is 2. The maximum Gasteiger partial charge on any atom is 0.363 e. The first kappa shape index (κ1) is 11.8. The predicted molar refractivity (Wildman–Crippen MR) is 78.1 cm³/mol. The van der Waals surface area contributed by atoms with Crippen LogP contribution in [0.3, 0.4) is 0 Å². The van der Waals surface area contributed by atoms with Gasteiger partial charge in [0, 0.05) is 30.4 Å². The van der Waals surface area contributed by atoms with Crippen molar-refractivity contribution in [1.29, 1.82) is 0 Å². The summed E-state index contributed by atoms with van der Waals surface area (Å²) in [5.41, 5.74) is 3.93. The lowest BCUT2D eigenvalue weighted by molar-refractivity contribution is 0.801. The Morgan fingerprint density at radius 2 is 2.14 bits per heavy atom. The molecular formula is C14H12N6O. The van der Waals surface area contributed by atoms with Crippen molar-refractivity contribution >= 4 is 16.6 Å². The Balaban J connectivity index is 2.17. The van der Waals surface area contributed by atoms with Gasteiger partial charge < -0.3 is 4.57 Å². The molecule has 0 aliphatic rings. The molecule has 7 nitrogen and oxygen atoms in total. The molecule has 104 valence electrons. The molecule has 0 fully saturated rings. The van der Waals surface area contributed by atoms with Crippen molar-refractivity contribution in [3.8, 4) is 11.1 Å². The molecule has 0 aliphatic carbocycles. The maximum atomic E-state index is 11.8. The van der Waals surface area contributed by atoms with E-state index in [1.54, 1.807) is 12.4 Å². The van der Waals surface area contributed by atoms with Crippen molar-refractivity contribution in [2.75, 3.05) is 0 Å². The van der Waals surface area contributed by atoms with E-state index in [9.17, 15) is 4.79 Å². The van der Waals surface area contributed by atoms with Gasteiger partial charge in [-0.3, -0.25) is 0 Å². The predicted octanol–water partition coefficient (Wildman–Crippen LogP) is 1.28. The van der Waals surface area contributed by atoms with Crippen molar-refractivity contribution in [3.63, 3.8) is 0 Å². The van der Waals surface area contributed by atoms with Crippen LogP contribution in [0.25, 0.3) is 27.7 Å². The van der Waals surface area contributed by atoms with Crippen LogP contribution in [0.2, 0.25) is 0 Å². The SMILES string of the molecule is Cc1nn2c(=O)[nH]ncc2c1-c1ccnc2c1ccn2C. The van der Waals surface area contributed by atoms with Crippen LogP contribution in [0.15, 0.2) is 35.5 Å². The van der Waals surface area contributed by atoms with E-state index in [-0.39, 0.29) is 5.69 Å². The third kappa shape index (κ3) is 1.54. The van der Waals surface area contributed by atoms with Crippen molar-refractivity contribution in [2.45, 2.75) is 6.92 Å². The van der Waals surface area contributed by atoms with Gasteiger partial charge in [0.1, 0.15) is 11.2 Å². The minimum absolute atomic E-state index is 0.347. The summed E-state index contributed by atoms with van der Waals surface area (Å²) in [6.45, 7) is 1.89. The van der Waals surface area contributed by atoms with Crippen molar-refractivity contribution < 1.29 is 0 Å². The topological polar surface area (TPSA) is 80.9 Å². The van der Waals surface area contributed by atoms with Gasteiger partial charge in [0.15, 0.2) is 0 Å². The zero-order chi connectivity index (χ0) is 14.6. The summed E-state index contributed by atoms with van der Waals surface area (Å²) in [6, 6.07) is 3.95. The molecule has 0 amide bonds. The molecule has 0 radical (unpaired) electrons. The number of pyridine rings is 1. The smallest absolute Gasteiger partial charge is 0.336 e. The lowest BCUT2D eigenvalue weighted by Crippen LogP contribution is -2.18. The maximum absolute atomic E-state index is 11.8.